The number of halogens is 1. The van der Waals surface area contributed by atoms with Gasteiger partial charge in [0.1, 0.15) is 6.10 Å². The molecule has 1 aromatic heterocycles. The Hall–Kier alpha value is -2.14. The van der Waals surface area contributed by atoms with E-state index in [4.69, 9.17) is 4.74 Å². The number of rotatable bonds is 5. The monoisotopic (exact) mass is 302 g/mol. The Morgan fingerprint density at radius 1 is 1.27 bits per heavy atom. The minimum Gasteiger partial charge on any atom is -0.470 e. The number of benzene rings is 1. The number of aliphatic hydroxyl groups is 1. The van der Waals surface area contributed by atoms with Crippen LogP contribution >= 0.6 is 0 Å². The number of nitrogens with zero attached hydrogens (tertiary/aromatic N) is 2. The van der Waals surface area contributed by atoms with Gasteiger partial charge in [-0.05, 0) is 30.2 Å². The third kappa shape index (κ3) is 3.20. The molecular weight excluding hydrogens is 283 g/mol. The molecule has 3 rings (SSSR count). The van der Waals surface area contributed by atoms with Gasteiger partial charge in [0, 0.05) is 31.5 Å². The zero-order valence-corrected chi connectivity index (χ0v) is 12.3. The molecule has 4 nitrogen and oxygen atoms in total. The van der Waals surface area contributed by atoms with Crippen molar-refractivity contribution in [2.45, 2.75) is 18.9 Å². The average molecular weight is 302 g/mol. The van der Waals surface area contributed by atoms with Gasteiger partial charge in [-0.1, -0.05) is 18.2 Å². The molecule has 0 spiro atoms. The van der Waals surface area contributed by atoms with Crippen LogP contribution in [0.5, 0.6) is 5.88 Å². The Kier molecular flexibility index (Phi) is 4.53. The molecule has 22 heavy (non-hydrogen) atoms. The molecule has 2 aromatic rings. The quantitative estimate of drug-likeness (QED) is 0.921. The van der Waals surface area contributed by atoms with Crippen LogP contribution in [-0.4, -0.2) is 35.9 Å². The maximum Gasteiger partial charge on any atom is 0.250 e. The van der Waals surface area contributed by atoms with Crippen LogP contribution in [0.1, 0.15) is 12.0 Å². The molecule has 0 bridgehead atoms. The summed E-state index contributed by atoms with van der Waals surface area (Å²) in [4.78, 5) is 6.16. The van der Waals surface area contributed by atoms with Gasteiger partial charge < -0.3 is 14.7 Å². The third-order valence-corrected chi connectivity index (χ3v) is 3.86. The predicted molar refractivity (Wildman–Crippen MR) is 82.7 cm³/mol. The topological polar surface area (TPSA) is 45.6 Å². The second-order valence-electron chi connectivity index (χ2n) is 5.37. The number of aromatic nitrogens is 1. The lowest BCUT2D eigenvalue weighted by molar-refractivity contribution is 0.205. The maximum atomic E-state index is 13.6. The molecule has 0 aliphatic carbocycles. The minimum atomic E-state index is -0.429. The van der Waals surface area contributed by atoms with Gasteiger partial charge in [0.2, 0.25) is 0 Å². The molecule has 116 valence electrons. The molecular formula is C17H19FN2O2. The summed E-state index contributed by atoms with van der Waals surface area (Å²) in [6.07, 6.45) is 2.91. The summed E-state index contributed by atoms with van der Waals surface area (Å²) in [6.45, 7) is 1.67. The highest BCUT2D eigenvalue weighted by atomic mass is 19.1. The van der Waals surface area contributed by atoms with Crippen molar-refractivity contribution in [2.75, 3.05) is 24.6 Å². The van der Waals surface area contributed by atoms with E-state index in [-0.39, 0.29) is 18.6 Å². The van der Waals surface area contributed by atoms with Crippen LogP contribution in [-0.2, 0) is 6.42 Å². The van der Waals surface area contributed by atoms with Gasteiger partial charge in [-0.25, -0.2) is 9.37 Å². The molecule has 5 heteroatoms. The van der Waals surface area contributed by atoms with Crippen molar-refractivity contribution in [3.05, 3.63) is 54.0 Å². The van der Waals surface area contributed by atoms with Crippen LogP contribution in [0.2, 0.25) is 0 Å². The Balaban J connectivity index is 1.69. The fourth-order valence-electron chi connectivity index (χ4n) is 2.81. The summed E-state index contributed by atoms with van der Waals surface area (Å²) in [7, 11) is 0. The highest BCUT2D eigenvalue weighted by Gasteiger charge is 2.26. The van der Waals surface area contributed by atoms with E-state index < -0.39 is 5.82 Å². The largest absolute Gasteiger partial charge is 0.470 e. The van der Waals surface area contributed by atoms with Crippen molar-refractivity contribution in [1.29, 1.82) is 0 Å². The lowest BCUT2D eigenvalue weighted by Gasteiger charge is -2.22. The predicted octanol–water partition coefficient (Wildman–Crippen LogP) is 2.41. The second kappa shape index (κ2) is 6.75. The fraction of sp³-hybridized carbons (Fsp3) is 0.353. The summed E-state index contributed by atoms with van der Waals surface area (Å²) in [5.74, 6) is -0.361. The van der Waals surface area contributed by atoms with Crippen molar-refractivity contribution in [3.8, 4) is 5.88 Å². The molecule has 1 aromatic carbocycles. The number of hydrogen-bond donors (Lipinski definition) is 1. The van der Waals surface area contributed by atoms with Gasteiger partial charge in [0.05, 0.1) is 6.54 Å². The smallest absolute Gasteiger partial charge is 0.250 e. The first-order chi connectivity index (χ1) is 10.8. The van der Waals surface area contributed by atoms with E-state index in [2.05, 4.69) is 16.0 Å². The zero-order chi connectivity index (χ0) is 15.4. The molecule has 2 heterocycles. The number of hydrogen-bond acceptors (Lipinski definition) is 4. The molecule has 1 atom stereocenters. The molecule has 1 saturated heterocycles. The van der Waals surface area contributed by atoms with Crippen molar-refractivity contribution in [3.63, 3.8) is 0 Å². The molecule has 1 N–H and O–H groups in total. The first-order valence-electron chi connectivity index (χ1n) is 7.49. The standard InChI is InChI=1S/C17H19FN2O2/c18-15-5-3-9-19-17(15)22-14-7-10-20(12-14)16-6-2-1-4-13(16)8-11-21/h1-6,9,14,21H,7-8,10-12H2/t14-/m0/s1. The van der Waals surface area contributed by atoms with E-state index in [0.717, 1.165) is 24.2 Å². The third-order valence-electron chi connectivity index (χ3n) is 3.86. The van der Waals surface area contributed by atoms with Gasteiger partial charge in [-0.3, -0.25) is 0 Å². The van der Waals surface area contributed by atoms with Gasteiger partial charge in [-0.15, -0.1) is 0 Å². The SMILES string of the molecule is OCCc1ccccc1N1CC[C@H](Oc2ncccc2F)C1. The average Bonchev–Trinajstić information content (AvgIpc) is 2.99. The van der Waals surface area contributed by atoms with Crippen LogP contribution < -0.4 is 9.64 Å². The Labute approximate surface area is 129 Å². The summed E-state index contributed by atoms with van der Waals surface area (Å²) in [6, 6.07) is 10.9. The lowest BCUT2D eigenvalue weighted by atomic mass is 10.1. The van der Waals surface area contributed by atoms with Gasteiger partial charge in [-0.2, -0.15) is 0 Å². The molecule has 0 saturated carbocycles. The second-order valence-corrected chi connectivity index (χ2v) is 5.37. The van der Waals surface area contributed by atoms with Gasteiger partial charge in [0.15, 0.2) is 5.82 Å². The lowest BCUT2D eigenvalue weighted by Crippen LogP contribution is -2.26. The molecule has 1 aliphatic heterocycles. The molecule has 0 unspecified atom stereocenters. The van der Waals surface area contributed by atoms with Crippen LogP contribution in [0, 0.1) is 5.82 Å². The molecule has 0 radical (unpaired) electrons. The highest BCUT2D eigenvalue weighted by Crippen LogP contribution is 2.27. The Bertz CT molecular complexity index is 636. The van der Waals surface area contributed by atoms with Crippen molar-refractivity contribution >= 4 is 5.69 Å². The molecule has 1 fully saturated rings. The number of ether oxygens (including phenoxy) is 1. The summed E-state index contributed by atoms with van der Waals surface area (Å²) >= 11 is 0. The summed E-state index contributed by atoms with van der Waals surface area (Å²) in [5.41, 5.74) is 2.24. The van der Waals surface area contributed by atoms with E-state index in [0.29, 0.717) is 13.0 Å². The Morgan fingerprint density at radius 2 is 2.14 bits per heavy atom. The summed E-state index contributed by atoms with van der Waals surface area (Å²) in [5, 5.41) is 9.17. The van der Waals surface area contributed by atoms with Crippen molar-refractivity contribution < 1.29 is 14.2 Å². The zero-order valence-electron chi connectivity index (χ0n) is 12.3. The Morgan fingerprint density at radius 3 is 2.95 bits per heavy atom. The van der Waals surface area contributed by atoms with Gasteiger partial charge >= 0.3 is 0 Å². The van der Waals surface area contributed by atoms with Crippen molar-refractivity contribution in [1.82, 2.24) is 4.98 Å². The van der Waals surface area contributed by atoms with E-state index in [1.807, 2.05) is 18.2 Å². The molecule has 1 aliphatic rings. The molecule has 0 amide bonds. The van der Waals surface area contributed by atoms with Crippen LogP contribution in [0.3, 0.4) is 0 Å². The van der Waals surface area contributed by atoms with Crippen LogP contribution in [0.25, 0.3) is 0 Å². The fourth-order valence-corrected chi connectivity index (χ4v) is 2.81. The minimum absolute atomic E-state index is 0.0676. The van der Waals surface area contributed by atoms with Crippen LogP contribution in [0.4, 0.5) is 10.1 Å². The highest BCUT2D eigenvalue weighted by molar-refractivity contribution is 5.54. The number of pyridine rings is 1. The van der Waals surface area contributed by atoms with E-state index in [1.165, 1.54) is 12.3 Å². The van der Waals surface area contributed by atoms with Crippen LogP contribution in [0.15, 0.2) is 42.6 Å². The van der Waals surface area contributed by atoms with E-state index in [1.54, 1.807) is 6.07 Å². The normalized spacial score (nSPS) is 17.7. The first-order valence-corrected chi connectivity index (χ1v) is 7.49. The van der Waals surface area contributed by atoms with Gasteiger partial charge in [0.25, 0.3) is 5.88 Å². The van der Waals surface area contributed by atoms with E-state index in [9.17, 15) is 9.50 Å². The number of para-hydroxylation sites is 1. The van der Waals surface area contributed by atoms with E-state index >= 15 is 0 Å². The first kappa shape index (κ1) is 14.8. The van der Waals surface area contributed by atoms with Crippen molar-refractivity contribution in [2.24, 2.45) is 0 Å². The number of aliphatic hydroxyl groups excluding tert-OH is 1. The maximum absolute atomic E-state index is 13.6. The number of anilines is 1. The summed E-state index contributed by atoms with van der Waals surface area (Å²) < 4.78 is 19.3.